The number of carbonyl (C=O) groups is 3. The van der Waals surface area contributed by atoms with Crippen LogP contribution < -0.4 is 14.8 Å². The molecule has 0 saturated carbocycles. The number of carboxylic acid groups (broad SMARTS) is 2. The largest absolute Gasteiger partial charge is 0.497 e. The number of benzene rings is 2. The average Bonchev–Trinajstić information content (AvgIpc) is 3.80. The van der Waals surface area contributed by atoms with E-state index in [0.717, 1.165) is 48.5 Å². The van der Waals surface area contributed by atoms with Crippen molar-refractivity contribution in [2.45, 2.75) is 44.6 Å². The second-order valence-electron chi connectivity index (χ2n) is 10.8. The Bertz CT molecular complexity index is 1490. The molecule has 0 bridgehead atoms. The van der Waals surface area contributed by atoms with Gasteiger partial charge < -0.3 is 39.9 Å². The van der Waals surface area contributed by atoms with Crippen LogP contribution in [0.4, 0.5) is 36.8 Å². The van der Waals surface area contributed by atoms with Gasteiger partial charge in [-0.15, -0.1) is 0 Å². The van der Waals surface area contributed by atoms with Crippen LogP contribution in [0, 0.1) is 0 Å². The number of nitrogens with one attached hydrogen (secondary N) is 2. The average molecular weight is 736 g/mol. The number of H-pyrrole nitrogens is 1. The predicted octanol–water partition coefficient (Wildman–Crippen LogP) is 5.63. The summed E-state index contributed by atoms with van der Waals surface area (Å²) in [6.45, 7) is 4.74. The van der Waals surface area contributed by atoms with Crippen molar-refractivity contribution in [3.05, 3.63) is 60.4 Å². The molecule has 51 heavy (non-hydrogen) atoms. The molecule has 1 fully saturated rings. The van der Waals surface area contributed by atoms with Gasteiger partial charge in [-0.25, -0.2) is 14.4 Å². The van der Waals surface area contributed by atoms with Crippen molar-refractivity contribution in [3.63, 3.8) is 0 Å². The third-order valence-corrected chi connectivity index (χ3v) is 7.00. The van der Waals surface area contributed by atoms with Gasteiger partial charge in [-0.3, -0.25) is 5.10 Å². The molecule has 282 valence electrons. The molecule has 1 aliphatic rings. The molecular formula is C32H39F6N5O8. The highest BCUT2D eigenvalue weighted by Gasteiger charge is 2.38. The SMILES string of the molecule is COc1cccc(CN(CCCN2CCCC2)C(=O)Nc2ccc(-c3cn[nH]c3)cc2OCCCO)c1.O=C(O)C(F)(F)F.O=C(O)C(F)(F)F. The summed E-state index contributed by atoms with van der Waals surface area (Å²) in [7, 11) is 1.64. The van der Waals surface area contributed by atoms with Crippen molar-refractivity contribution in [2.75, 3.05) is 51.8 Å². The summed E-state index contributed by atoms with van der Waals surface area (Å²) >= 11 is 0. The molecule has 4 rings (SSSR count). The predicted molar refractivity (Wildman–Crippen MR) is 171 cm³/mol. The van der Waals surface area contributed by atoms with E-state index in [1.54, 1.807) is 19.5 Å². The number of aromatic amines is 1. The number of urea groups is 1. The molecule has 0 radical (unpaired) electrons. The maximum absolute atomic E-state index is 13.6. The van der Waals surface area contributed by atoms with Crippen molar-refractivity contribution < 1.29 is 65.5 Å². The second-order valence-corrected chi connectivity index (χ2v) is 10.8. The molecule has 2 amide bonds. The fraction of sp³-hybridized carbons (Fsp3) is 0.438. The Morgan fingerprint density at radius 3 is 2.16 bits per heavy atom. The number of ether oxygens (including phenoxy) is 2. The molecule has 3 aromatic rings. The highest BCUT2D eigenvalue weighted by Crippen LogP contribution is 2.31. The second kappa shape index (κ2) is 20.6. The zero-order valence-corrected chi connectivity index (χ0v) is 27.5. The third kappa shape index (κ3) is 15.6. The minimum Gasteiger partial charge on any atom is -0.497 e. The molecule has 2 heterocycles. The summed E-state index contributed by atoms with van der Waals surface area (Å²) in [5.41, 5.74) is 3.44. The molecule has 0 atom stereocenters. The highest BCUT2D eigenvalue weighted by molar-refractivity contribution is 5.91. The summed E-state index contributed by atoms with van der Waals surface area (Å²) < 4.78 is 74.8. The molecule has 0 aliphatic carbocycles. The molecule has 0 unspecified atom stereocenters. The van der Waals surface area contributed by atoms with Gasteiger partial charge >= 0.3 is 30.3 Å². The smallest absolute Gasteiger partial charge is 0.490 e. The van der Waals surface area contributed by atoms with Gasteiger partial charge in [-0.2, -0.15) is 31.4 Å². The van der Waals surface area contributed by atoms with E-state index in [2.05, 4.69) is 20.4 Å². The first-order chi connectivity index (χ1) is 24.0. The Morgan fingerprint density at radius 1 is 0.961 bits per heavy atom. The van der Waals surface area contributed by atoms with Crippen molar-refractivity contribution in [2.24, 2.45) is 0 Å². The van der Waals surface area contributed by atoms with E-state index < -0.39 is 24.3 Å². The number of carboxylic acids is 2. The zero-order chi connectivity index (χ0) is 38.0. The molecule has 1 saturated heterocycles. The van der Waals surface area contributed by atoms with E-state index in [1.807, 2.05) is 47.4 Å². The third-order valence-electron chi connectivity index (χ3n) is 7.00. The first kappa shape index (κ1) is 42.1. The molecule has 5 N–H and O–H groups in total. The number of aliphatic hydroxyl groups is 1. The number of aromatic nitrogens is 2. The summed E-state index contributed by atoms with van der Waals surface area (Å²) in [6, 6.07) is 13.3. The van der Waals surface area contributed by atoms with Gasteiger partial charge in [0.2, 0.25) is 0 Å². The van der Waals surface area contributed by atoms with Crippen LogP contribution in [0.5, 0.6) is 11.5 Å². The molecule has 1 aromatic heterocycles. The number of methoxy groups -OCH3 is 1. The van der Waals surface area contributed by atoms with E-state index in [9.17, 15) is 36.2 Å². The Kier molecular flexibility index (Phi) is 17.0. The molecule has 2 aromatic carbocycles. The number of aliphatic hydroxyl groups excluding tert-OH is 1. The van der Waals surface area contributed by atoms with Gasteiger partial charge in [0.05, 0.1) is 25.6 Å². The molecule has 1 aliphatic heterocycles. The Morgan fingerprint density at radius 2 is 1.61 bits per heavy atom. The van der Waals surface area contributed by atoms with Crippen LogP contribution in [0.25, 0.3) is 11.1 Å². The minimum atomic E-state index is -5.08. The van der Waals surface area contributed by atoms with E-state index in [4.69, 9.17) is 29.3 Å². The Labute approximate surface area is 288 Å². The fourth-order valence-electron chi connectivity index (χ4n) is 4.51. The van der Waals surface area contributed by atoms with Crippen LogP contribution in [-0.4, -0.2) is 112 Å². The summed E-state index contributed by atoms with van der Waals surface area (Å²) in [4.78, 5) is 35.6. The molecule has 13 nitrogen and oxygen atoms in total. The summed E-state index contributed by atoms with van der Waals surface area (Å²) in [5, 5.41) is 33.4. The van der Waals surface area contributed by atoms with E-state index in [0.29, 0.717) is 37.6 Å². The maximum atomic E-state index is 13.6. The number of hydrogen-bond acceptors (Lipinski definition) is 8. The lowest BCUT2D eigenvalue weighted by atomic mass is 10.1. The first-order valence-electron chi connectivity index (χ1n) is 15.4. The van der Waals surface area contributed by atoms with Crippen molar-refractivity contribution >= 4 is 23.7 Å². The van der Waals surface area contributed by atoms with Crippen LogP contribution in [0.15, 0.2) is 54.9 Å². The standard InChI is InChI=1S/C28H37N5O4.2C2HF3O2/c1-36-25-8-4-7-22(17-25)21-33(14-5-13-32-11-2-3-12-32)28(35)31-26-10-9-23(24-19-29-30-20-24)18-27(26)37-16-6-15-34;2*3-2(4,5)1(6)7/h4,7-10,17-20,34H,2-3,5-6,11-16,21H2,1H3,(H,29,30)(H,31,35);2*(H,6,7). The van der Waals surface area contributed by atoms with Gasteiger partial charge in [0.15, 0.2) is 0 Å². The normalized spacial score (nSPS) is 12.9. The van der Waals surface area contributed by atoms with Gasteiger partial charge in [0, 0.05) is 37.9 Å². The van der Waals surface area contributed by atoms with Crippen LogP contribution >= 0.6 is 0 Å². The Balaban J connectivity index is 0.000000543. The molecular weight excluding hydrogens is 696 g/mol. The number of carbonyl (C=O) groups excluding carboxylic acids is 1. The first-order valence-corrected chi connectivity index (χ1v) is 15.4. The van der Waals surface area contributed by atoms with Crippen molar-refractivity contribution in [1.82, 2.24) is 20.0 Å². The van der Waals surface area contributed by atoms with E-state index in [-0.39, 0.29) is 12.6 Å². The number of likely N-dealkylation sites (tertiary alicyclic amines) is 1. The lowest BCUT2D eigenvalue weighted by molar-refractivity contribution is -0.193. The number of hydrogen-bond donors (Lipinski definition) is 5. The van der Waals surface area contributed by atoms with Gasteiger partial charge in [-0.05, 0) is 74.3 Å². The molecule has 0 spiro atoms. The topological polar surface area (TPSA) is 178 Å². The van der Waals surface area contributed by atoms with Crippen LogP contribution in [0.2, 0.25) is 0 Å². The summed E-state index contributed by atoms with van der Waals surface area (Å²) in [5.74, 6) is -4.19. The number of aliphatic carboxylic acids is 2. The fourth-order valence-corrected chi connectivity index (χ4v) is 4.51. The highest BCUT2D eigenvalue weighted by atomic mass is 19.4. The van der Waals surface area contributed by atoms with E-state index in [1.165, 1.54) is 12.8 Å². The molecule has 19 heteroatoms. The number of anilines is 1. The number of alkyl halides is 6. The van der Waals surface area contributed by atoms with E-state index >= 15 is 0 Å². The maximum Gasteiger partial charge on any atom is 0.490 e. The number of halogens is 6. The van der Waals surface area contributed by atoms with Gasteiger partial charge in [0.1, 0.15) is 11.5 Å². The van der Waals surface area contributed by atoms with Crippen LogP contribution in [-0.2, 0) is 16.1 Å². The number of rotatable bonds is 13. The lowest BCUT2D eigenvalue weighted by Gasteiger charge is -2.25. The van der Waals surface area contributed by atoms with Crippen LogP contribution in [0.3, 0.4) is 0 Å². The zero-order valence-electron chi connectivity index (χ0n) is 27.5. The Hall–Kier alpha value is -5.04. The van der Waals surface area contributed by atoms with Crippen molar-refractivity contribution in [1.29, 1.82) is 0 Å². The number of nitrogens with zero attached hydrogens (tertiary/aromatic N) is 3. The quantitative estimate of drug-likeness (QED) is 0.109. The van der Waals surface area contributed by atoms with Crippen LogP contribution in [0.1, 0.15) is 31.2 Å². The lowest BCUT2D eigenvalue weighted by Crippen LogP contribution is -2.36. The number of amides is 2. The minimum absolute atomic E-state index is 0.0362. The van der Waals surface area contributed by atoms with Crippen molar-refractivity contribution in [3.8, 4) is 22.6 Å². The monoisotopic (exact) mass is 735 g/mol. The summed E-state index contributed by atoms with van der Waals surface area (Å²) in [6.07, 6.45) is -2.72. The van der Waals surface area contributed by atoms with Gasteiger partial charge in [-0.1, -0.05) is 18.2 Å². The van der Waals surface area contributed by atoms with Gasteiger partial charge in [0.25, 0.3) is 0 Å².